The molecule has 1 heterocycles. The van der Waals surface area contributed by atoms with Gasteiger partial charge in [0.1, 0.15) is 12.6 Å². The first-order valence-corrected chi connectivity index (χ1v) is 9.73. The van der Waals surface area contributed by atoms with Gasteiger partial charge in [-0.2, -0.15) is 0 Å². The summed E-state index contributed by atoms with van der Waals surface area (Å²) in [6, 6.07) is 11.1. The Bertz CT molecular complexity index is 791. The second-order valence-electron chi connectivity index (χ2n) is 6.32. The minimum absolute atomic E-state index is 0.0707. The summed E-state index contributed by atoms with van der Waals surface area (Å²) in [6.45, 7) is 7.39. The fourth-order valence-electron chi connectivity index (χ4n) is 2.47. The van der Waals surface area contributed by atoms with Crippen LogP contribution in [0.1, 0.15) is 19.5 Å². The maximum absolute atomic E-state index is 12.5. The first-order chi connectivity index (χ1) is 12.4. The Kier molecular flexibility index (Phi) is 7.56. The Morgan fingerprint density at radius 3 is 2.69 bits per heavy atom. The van der Waals surface area contributed by atoms with E-state index in [1.54, 1.807) is 0 Å². The van der Waals surface area contributed by atoms with Crippen LogP contribution in [0.5, 0.6) is 0 Å². The van der Waals surface area contributed by atoms with Gasteiger partial charge in [-0.05, 0) is 18.1 Å². The zero-order valence-electron chi connectivity index (χ0n) is 14.9. The van der Waals surface area contributed by atoms with Gasteiger partial charge in [-0.1, -0.05) is 73.4 Å². The SMILES string of the molecule is C=CCOC(=O)[C@@H](NC(=O)[C@@H](I)Cc1ccc2ccccc2n1)C(C)C. The topological polar surface area (TPSA) is 68.3 Å². The van der Waals surface area contributed by atoms with E-state index in [9.17, 15) is 9.59 Å². The van der Waals surface area contributed by atoms with Gasteiger partial charge in [0.2, 0.25) is 5.91 Å². The number of aromatic nitrogens is 1. The second kappa shape index (κ2) is 9.66. The van der Waals surface area contributed by atoms with E-state index in [0.717, 1.165) is 16.6 Å². The molecule has 138 valence electrons. The number of carbonyl (C=O) groups is 2. The molecule has 1 amide bonds. The molecule has 0 fully saturated rings. The summed E-state index contributed by atoms with van der Waals surface area (Å²) in [6.07, 6.45) is 1.99. The van der Waals surface area contributed by atoms with Gasteiger partial charge in [-0.15, -0.1) is 0 Å². The maximum Gasteiger partial charge on any atom is 0.329 e. The van der Waals surface area contributed by atoms with E-state index in [-0.39, 0.29) is 22.4 Å². The largest absolute Gasteiger partial charge is 0.460 e. The fourth-order valence-corrected chi connectivity index (χ4v) is 3.10. The molecule has 6 heteroatoms. The van der Waals surface area contributed by atoms with E-state index < -0.39 is 12.0 Å². The van der Waals surface area contributed by atoms with E-state index in [2.05, 4.69) is 39.5 Å². The summed E-state index contributed by atoms with van der Waals surface area (Å²) in [5.74, 6) is -0.714. The first-order valence-electron chi connectivity index (χ1n) is 8.49. The Morgan fingerprint density at radius 1 is 1.27 bits per heavy atom. The number of amides is 1. The summed E-state index contributed by atoms with van der Waals surface area (Å²) >= 11 is 2.08. The van der Waals surface area contributed by atoms with E-state index in [1.165, 1.54) is 6.08 Å². The van der Waals surface area contributed by atoms with Gasteiger partial charge in [0, 0.05) is 17.5 Å². The molecule has 0 aliphatic carbocycles. The van der Waals surface area contributed by atoms with Crippen LogP contribution in [0.3, 0.4) is 0 Å². The van der Waals surface area contributed by atoms with Gasteiger partial charge in [-0.25, -0.2) is 4.79 Å². The van der Waals surface area contributed by atoms with Crippen LogP contribution in [0.25, 0.3) is 10.9 Å². The lowest BCUT2D eigenvalue weighted by Gasteiger charge is -2.22. The summed E-state index contributed by atoms with van der Waals surface area (Å²) < 4.78 is 4.74. The summed E-state index contributed by atoms with van der Waals surface area (Å²) in [7, 11) is 0. The average Bonchev–Trinajstić information content (AvgIpc) is 2.63. The molecule has 0 spiro atoms. The van der Waals surface area contributed by atoms with Crippen LogP contribution >= 0.6 is 22.6 Å². The molecule has 0 saturated heterocycles. The van der Waals surface area contributed by atoms with Crippen LogP contribution in [0.15, 0.2) is 49.1 Å². The molecule has 0 aliphatic rings. The van der Waals surface area contributed by atoms with Gasteiger partial charge in [0.15, 0.2) is 0 Å². The van der Waals surface area contributed by atoms with Gasteiger partial charge in [0.05, 0.1) is 9.44 Å². The number of carbonyl (C=O) groups excluding carboxylic acids is 2. The third-order valence-electron chi connectivity index (χ3n) is 3.89. The van der Waals surface area contributed by atoms with Crippen molar-refractivity contribution in [3.63, 3.8) is 0 Å². The van der Waals surface area contributed by atoms with Crippen LogP contribution in [-0.4, -0.2) is 33.4 Å². The predicted octanol–water partition coefficient (Wildman–Crippen LogP) is 3.45. The number of nitrogens with zero attached hydrogens (tertiary/aromatic N) is 1. The molecule has 0 bridgehead atoms. The van der Waals surface area contributed by atoms with Crippen molar-refractivity contribution in [2.45, 2.75) is 30.2 Å². The highest BCUT2D eigenvalue weighted by Gasteiger charge is 2.28. The molecule has 0 unspecified atom stereocenters. The molecule has 1 aromatic heterocycles. The highest BCUT2D eigenvalue weighted by molar-refractivity contribution is 14.1. The number of ether oxygens (including phenoxy) is 1. The highest BCUT2D eigenvalue weighted by atomic mass is 127. The predicted molar refractivity (Wildman–Crippen MR) is 111 cm³/mol. The van der Waals surface area contributed by atoms with E-state index in [4.69, 9.17) is 4.74 Å². The van der Waals surface area contributed by atoms with E-state index >= 15 is 0 Å². The lowest BCUT2D eigenvalue weighted by atomic mass is 10.0. The van der Waals surface area contributed by atoms with Crippen LogP contribution in [0, 0.1) is 5.92 Å². The number of halogens is 1. The highest BCUT2D eigenvalue weighted by Crippen LogP contribution is 2.16. The number of para-hydroxylation sites is 1. The molecule has 0 aliphatic heterocycles. The average molecular weight is 466 g/mol. The third kappa shape index (κ3) is 5.52. The molecule has 0 radical (unpaired) electrons. The molecular formula is C20H23IN2O3. The van der Waals surface area contributed by atoms with Crippen molar-refractivity contribution in [1.82, 2.24) is 10.3 Å². The Morgan fingerprint density at radius 2 is 2.00 bits per heavy atom. The van der Waals surface area contributed by atoms with Crippen molar-refractivity contribution in [2.24, 2.45) is 5.92 Å². The normalized spacial score (nSPS) is 13.2. The molecule has 5 nitrogen and oxygen atoms in total. The van der Waals surface area contributed by atoms with Crippen molar-refractivity contribution >= 4 is 45.4 Å². The first kappa shape index (κ1) is 20.4. The number of benzene rings is 1. The molecule has 1 aromatic carbocycles. The second-order valence-corrected chi connectivity index (χ2v) is 7.82. The number of pyridine rings is 1. The number of hydrogen-bond acceptors (Lipinski definition) is 4. The Hall–Kier alpha value is -1.96. The van der Waals surface area contributed by atoms with Gasteiger partial charge < -0.3 is 10.1 Å². The third-order valence-corrected chi connectivity index (χ3v) is 4.90. The quantitative estimate of drug-likeness (QED) is 0.280. The lowest BCUT2D eigenvalue weighted by Crippen LogP contribution is -2.48. The molecule has 2 aromatic rings. The van der Waals surface area contributed by atoms with Gasteiger partial charge in [0.25, 0.3) is 0 Å². The standard InChI is InChI=1S/C20H23IN2O3/c1-4-11-26-20(25)18(13(2)3)23-19(24)16(21)12-15-10-9-14-7-5-6-8-17(14)22-15/h4-10,13,16,18H,1,11-12H2,2-3H3,(H,23,24)/t16-,18-/m0/s1. The van der Waals surface area contributed by atoms with Crippen LogP contribution < -0.4 is 5.32 Å². The molecule has 2 atom stereocenters. The smallest absolute Gasteiger partial charge is 0.329 e. The molecule has 26 heavy (non-hydrogen) atoms. The van der Waals surface area contributed by atoms with Crippen molar-refractivity contribution in [1.29, 1.82) is 0 Å². The molecular weight excluding hydrogens is 443 g/mol. The minimum Gasteiger partial charge on any atom is -0.460 e. The van der Waals surface area contributed by atoms with Crippen LogP contribution in [-0.2, 0) is 20.7 Å². The summed E-state index contributed by atoms with van der Waals surface area (Å²) in [5, 5.41) is 3.86. The molecule has 1 N–H and O–H groups in total. The van der Waals surface area contributed by atoms with Gasteiger partial charge >= 0.3 is 5.97 Å². The number of hydrogen-bond donors (Lipinski definition) is 1. The minimum atomic E-state index is -0.677. The van der Waals surface area contributed by atoms with Crippen molar-refractivity contribution < 1.29 is 14.3 Å². The Labute approximate surface area is 167 Å². The number of nitrogens with one attached hydrogen (secondary N) is 1. The summed E-state index contributed by atoms with van der Waals surface area (Å²) in [4.78, 5) is 29.2. The van der Waals surface area contributed by atoms with E-state index in [1.807, 2.05) is 50.2 Å². The lowest BCUT2D eigenvalue weighted by molar-refractivity contribution is -0.147. The van der Waals surface area contributed by atoms with E-state index in [0.29, 0.717) is 6.42 Å². The molecule has 2 rings (SSSR count). The number of rotatable bonds is 8. The zero-order valence-corrected chi connectivity index (χ0v) is 17.1. The monoisotopic (exact) mass is 466 g/mol. The van der Waals surface area contributed by atoms with Crippen molar-refractivity contribution in [3.8, 4) is 0 Å². The van der Waals surface area contributed by atoms with Crippen LogP contribution in [0.2, 0.25) is 0 Å². The maximum atomic E-state index is 12.5. The zero-order chi connectivity index (χ0) is 19.1. The number of alkyl halides is 1. The Balaban J connectivity index is 2.02. The number of esters is 1. The van der Waals surface area contributed by atoms with Crippen LogP contribution in [0.4, 0.5) is 0 Å². The fraction of sp³-hybridized carbons (Fsp3) is 0.350. The van der Waals surface area contributed by atoms with Gasteiger partial charge in [-0.3, -0.25) is 9.78 Å². The molecule has 0 saturated carbocycles. The summed E-state index contributed by atoms with van der Waals surface area (Å²) in [5.41, 5.74) is 1.75. The van der Waals surface area contributed by atoms with Crippen molar-refractivity contribution in [3.05, 3.63) is 54.7 Å². The number of fused-ring (bicyclic) bond motifs is 1. The van der Waals surface area contributed by atoms with Crippen molar-refractivity contribution in [2.75, 3.05) is 6.61 Å².